The minimum Gasteiger partial charge on any atom is -0.341 e. The van der Waals surface area contributed by atoms with E-state index in [4.69, 9.17) is 11.6 Å². The summed E-state index contributed by atoms with van der Waals surface area (Å²) in [5, 5.41) is 4.58. The summed E-state index contributed by atoms with van der Waals surface area (Å²) in [6.45, 7) is 2.03. The Hall–Kier alpha value is -2.44. The number of para-hydroxylation sites is 1. The number of piperidine rings is 1. The van der Waals surface area contributed by atoms with E-state index in [-0.39, 0.29) is 17.6 Å². The normalized spacial score (nSPS) is 14.1. The molecular weight excluding hydrogens is 418 g/mol. The Morgan fingerprint density at radius 1 is 1.00 bits per heavy atom. The summed E-state index contributed by atoms with van der Waals surface area (Å²) in [4.78, 5) is 28.1. The lowest BCUT2D eigenvalue weighted by Gasteiger charge is -2.27. The third-order valence-corrected chi connectivity index (χ3v) is 6.55. The van der Waals surface area contributed by atoms with Crippen LogP contribution in [0.15, 0.2) is 59.6 Å². The summed E-state index contributed by atoms with van der Waals surface area (Å²) < 4.78 is 2.01. The summed E-state index contributed by atoms with van der Waals surface area (Å²) in [5.74, 6) is 0.368. The highest BCUT2D eigenvalue weighted by molar-refractivity contribution is 8.00. The van der Waals surface area contributed by atoms with Crippen LogP contribution >= 0.6 is 23.4 Å². The molecule has 0 bridgehead atoms. The van der Waals surface area contributed by atoms with Gasteiger partial charge in [0.1, 0.15) is 6.54 Å². The van der Waals surface area contributed by atoms with Crippen LogP contribution in [0.3, 0.4) is 0 Å². The van der Waals surface area contributed by atoms with E-state index in [1.807, 2.05) is 39.9 Å². The highest BCUT2D eigenvalue weighted by atomic mass is 35.5. The fourth-order valence-corrected chi connectivity index (χ4v) is 4.74. The standard InChI is InChI=1S/C23H24ClN3O2S/c24-17-8-10-18(11-9-17)25-22(28)16-30-21-14-27(20-7-3-2-6-19(20)21)15-23(29)26-12-4-1-5-13-26/h2-3,6-11,14H,1,4-5,12-13,15-16H2,(H,25,28). The molecular formula is C23H24ClN3O2S. The molecule has 1 saturated heterocycles. The lowest BCUT2D eigenvalue weighted by Crippen LogP contribution is -2.37. The zero-order chi connectivity index (χ0) is 20.9. The smallest absolute Gasteiger partial charge is 0.242 e. The molecule has 0 aliphatic carbocycles. The van der Waals surface area contributed by atoms with Crippen molar-refractivity contribution >= 4 is 51.8 Å². The lowest BCUT2D eigenvalue weighted by atomic mass is 10.1. The zero-order valence-corrected chi connectivity index (χ0v) is 18.2. The molecule has 0 atom stereocenters. The maximum absolute atomic E-state index is 12.7. The minimum absolute atomic E-state index is 0.0800. The number of rotatable bonds is 6. The van der Waals surface area contributed by atoms with E-state index in [0.717, 1.165) is 47.4 Å². The van der Waals surface area contributed by atoms with Gasteiger partial charge in [-0.25, -0.2) is 0 Å². The molecule has 3 aromatic rings. The fraction of sp³-hybridized carbons (Fsp3) is 0.304. The van der Waals surface area contributed by atoms with Crippen molar-refractivity contribution in [2.75, 3.05) is 24.2 Å². The van der Waals surface area contributed by atoms with Crippen molar-refractivity contribution in [3.8, 4) is 0 Å². The van der Waals surface area contributed by atoms with Gasteiger partial charge in [-0.15, -0.1) is 11.8 Å². The number of aromatic nitrogens is 1. The van der Waals surface area contributed by atoms with Crippen LogP contribution in [-0.2, 0) is 16.1 Å². The van der Waals surface area contributed by atoms with Crippen molar-refractivity contribution in [2.45, 2.75) is 30.7 Å². The number of carbonyl (C=O) groups excluding carboxylic acids is 2. The Morgan fingerprint density at radius 3 is 2.50 bits per heavy atom. The number of thioether (sulfide) groups is 1. The van der Waals surface area contributed by atoms with E-state index in [2.05, 4.69) is 5.32 Å². The molecule has 2 heterocycles. The molecule has 156 valence electrons. The average molecular weight is 442 g/mol. The van der Waals surface area contributed by atoms with Crippen LogP contribution in [0.5, 0.6) is 0 Å². The van der Waals surface area contributed by atoms with Gasteiger partial charge in [-0.05, 0) is 49.6 Å². The van der Waals surface area contributed by atoms with Crippen molar-refractivity contribution in [3.05, 3.63) is 59.8 Å². The first-order chi connectivity index (χ1) is 14.6. The van der Waals surface area contributed by atoms with E-state index >= 15 is 0 Å². The van der Waals surface area contributed by atoms with Gasteiger partial charge < -0.3 is 14.8 Å². The Morgan fingerprint density at radius 2 is 1.73 bits per heavy atom. The van der Waals surface area contributed by atoms with Gasteiger partial charge in [-0.1, -0.05) is 29.8 Å². The Bertz CT molecular complexity index is 1040. The number of nitrogens with zero attached hydrogens (tertiary/aromatic N) is 2. The molecule has 1 N–H and O–H groups in total. The number of halogens is 1. The molecule has 0 radical (unpaired) electrons. The minimum atomic E-state index is -0.0800. The molecule has 2 aromatic carbocycles. The van der Waals surface area contributed by atoms with Crippen LogP contribution in [0.1, 0.15) is 19.3 Å². The zero-order valence-electron chi connectivity index (χ0n) is 16.6. The van der Waals surface area contributed by atoms with Crippen LogP contribution in [0.2, 0.25) is 5.02 Å². The van der Waals surface area contributed by atoms with E-state index < -0.39 is 0 Å². The predicted molar refractivity (Wildman–Crippen MR) is 123 cm³/mol. The topological polar surface area (TPSA) is 54.3 Å². The molecule has 30 heavy (non-hydrogen) atoms. The molecule has 2 amide bonds. The SMILES string of the molecule is O=C(CSc1cn(CC(=O)N2CCCCC2)c2ccccc12)Nc1ccc(Cl)cc1. The molecule has 1 fully saturated rings. The fourth-order valence-electron chi connectivity index (χ4n) is 3.72. The lowest BCUT2D eigenvalue weighted by molar-refractivity contribution is -0.132. The van der Waals surface area contributed by atoms with Crippen molar-refractivity contribution in [2.24, 2.45) is 0 Å². The monoisotopic (exact) mass is 441 g/mol. The molecule has 0 unspecified atom stereocenters. The number of hydrogen-bond donors (Lipinski definition) is 1. The van der Waals surface area contributed by atoms with Gasteiger partial charge in [0.15, 0.2) is 0 Å². The number of nitrogens with one attached hydrogen (secondary N) is 1. The molecule has 1 aliphatic heterocycles. The number of hydrogen-bond acceptors (Lipinski definition) is 3. The van der Waals surface area contributed by atoms with Gasteiger partial charge in [0.05, 0.1) is 5.75 Å². The average Bonchev–Trinajstić information content (AvgIpc) is 3.12. The summed E-state index contributed by atoms with van der Waals surface area (Å²) in [5.41, 5.74) is 1.74. The van der Waals surface area contributed by atoms with E-state index in [9.17, 15) is 9.59 Å². The Balaban J connectivity index is 1.44. The Labute approximate surface area is 185 Å². The van der Waals surface area contributed by atoms with Gasteiger partial charge in [0.2, 0.25) is 11.8 Å². The van der Waals surface area contributed by atoms with E-state index in [0.29, 0.717) is 11.6 Å². The molecule has 0 saturated carbocycles. The van der Waals surface area contributed by atoms with Crippen molar-refractivity contribution in [1.29, 1.82) is 0 Å². The molecule has 5 nitrogen and oxygen atoms in total. The predicted octanol–water partition coefficient (Wildman–Crippen LogP) is 5.04. The van der Waals surface area contributed by atoms with Crippen LogP contribution in [-0.4, -0.2) is 40.1 Å². The third-order valence-electron chi connectivity index (χ3n) is 5.25. The first-order valence-corrected chi connectivity index (χ1v) is 11.5. The Kier molecular flexibility index (Phi) is 6.65. The third kappa shape index (κ3) is 4.99. The number of carbonyl (C=O) groups is 2. The molecule has 4 rings (SSSR count). The second-order valence-corrected chi connectivity index (χ2v) is 8.88. The van der Waals surface area contributed by atoms with Gasteiger partial charge in [0, 0.05) is 45.8 Å². The number of anilines is 1. The molecule has 1 aliphatic rings. The second-order valence-electron chi connectivity index (χ2n) is 7.42. The largest absolute Gasteiger partial charge is 0.341 e. The quantitative estimate of drug-likeness (QED) is 0.545. The summed E-state index contributed by atoms with van der Waals surface area (Å²) in [6, 6.07) is 15.1. The number of amides is 2. The van der Waals surface area contributed by atoms with Crippen LogP contribution in [0.4, 0.5) is 5.69 Å². The number of fused-ring (bicyclic) bond motifs is 1. The maximum Gasteiger partial charge on any atom is 0.242 e. The first kappa shape index (κ1) is 20.8. The van der Waals surface area contributed by atoms with E-state index in [1.54, 1.807) is 24.3 Å². The first-order valence-electron chi connectivity index (χ1n) is 10.1. The molecule has 7 heteroatoms. The summed E-state index contributed by atoms with van der Waals surface area (Å²) >= 11 is 7.37. The van der Waals surface area contributed by atoms with Crippen LogP contribution in [0, 0.1) is 0 Å². The maximum atomic E-state index is 12.7. The molecule has 0 spiro atoms. The number of benzene rings is 2. The highest BCUT2D eigenvalue weighted by Gasteiger charge is 2.18. The van der Waals surface area contributed by atoms with Gasteiger partial charge in [-0.2, -0.15) is 0 Å². The van der Waals surface area contributed by atoms with Gasteiger partial charge >= 0.3 is 0 Å². The molecule has 1 aromatic heterocycles. The highest BCUT2D eigenvalue weighted by Crippen LogP contribution is 2.30. The van der Waals surface area contributed by atoms with E-state index in [1.165, 1.54) is 18.2 Å². The van der Waals surface area contributed by atoms with Crippen molar-refractivity contribution in [1.82, 2.24) is 9.47 Å². The van der Waals surface area contributed by atoms with Crippen LogP contribution in [0.25, 0.3) is 10.9 Å². The summed E-state index contributed by atoms with van der Waals surface area (Å²) in [6.07, 6.45) is 5.37. The van der Waals surface area contributed by atoms with Gasteiger partial charge in [0.25, 0.3) is 0 Å². The van der Waals surface area contributed by atoms with Gasteiger partial charge in [-0.3, -0.25) is 9.59 Å². The van der Waals surface area contributed by atoms with Crippen molar-refractivity contribution in [3.63, 3.8) is 0 Å². The number of likely N-dealkylation sites (tertiary alicyclic amines) is 1. The van der Waals surface area contributed by atoms with Crippen molar-refractivity contribution < 1.29 is 9.59 Å². The summed E-state index contributed by atoms with van der Waals surface area (Å²) in [7, 11) is 0. The second kappa shape index (κ2) is 9.58. The van der Waals surface area contributed by atoms with Crippen LogP contribution < -0.4 is 5.32 Å².